The highest BCUT2D eigenvalue weighted by Crippen LogP contribution is 2.16. The smallest absolute Gasteiger partial charge is 0.328 e. The van der Waals surface area contributed by atoms with Gasteiger partial charge in [0.05, 0.1) is 0 Å². The van der Waals surface area contributed by atoms with E-state index in [9.17, 15) is 4.79 Å². The van der Waals surface area contributed by atoms with Crippen LogP contribution >= 0.6 is 0 Å². The van der Waals surface area contributed by atoms with Crippen LogP contribution in [0.5, 0.6) is 0 Å². The van der Waals surface area contributed by atoms with Gasteiger partial charge in [-0.15, -0.1) is 0 Å². The number of carboxylic acid groups (broad SMARTS) is 1. The maximum Gasteiger partial charge on any atom is 0.328 e. The molecule has 2 rings (SSSR count). The Morgan fingerprint density at radius 3 is 2.84 bits per heavy atom. The average molecular weight is 258 g/mol. The summed E-state index contributed by atoms with van der Waals surface area (Å²) < 4.78 is 0. The zero-order chi connectivity index (χ0) is 13.8. The van der Waals surface area contributed by atoms with Gasteiger partial charge in [0.1, 0.15) is 6.04 Å². The first kappa shape index (κ1) is 13.3. The highest BCUT2D eigenvalue weighted by atomic mass is 16.4. The second-order valence-corrected chi connectivity index (χ2v) is 5.05. The van der Waals surface area contributed by atoms with Gasteiger partial charge >= 0.3 is 5.97 Å². The Balaban J connectivity index is 2.23. The van der Waals surface area contributed by atoms with E-state index in [2.05, 4.69) is 9.98 Å². The molecule has 0 radical (unpaired) electrons. The number of hydrogen-bond donors (Lipinski definition) is 2. The lowest BCUT2D eigenvalue weighted by Gasteiger charge is -2.09. The molecule has 0 saturated carbocycles. The highest BCUT2D eigenvalue weighted by molar-refractivity contribution is 5.99. The summed E-state index contributed by atoms with van der Waals surface area (Å²) in [5, 5.41) is 10.2. The van der Waals surface area contributed by atoms with Crippen LogP contribution in [-0.2, 0) is 4.79 Å². The van der Waals surface area contributed by atoms with E-state index in [4.69, 9.17) is 5.11 Å². The fourth-order valence-corrected chi connectivity index (χ4v) is 2.04. The Morgan fingerprint density at radius 2 is 2.16 bits per heavy atom. The molecule has 0 amide bonds. The van der Waals surface area contributed by atoms with Crippen LogP contribution in [0.15, 0.2) is 35.5 Å². The predicted octanol–water partition coefficient (Wildman–Crippen LogP) is 3.09. The number of rotatable bonds is 5. The normalized spacial score (nSPS) is 13.4. The van der Waals surface area contributed by atoms with Gasteiger partial charge < -0.3 is 10.1 Å². The zero-order valence-electron chi connectivity index (χ0n) is 11.1. The molecule has 1 aromatic carbocycles. The van der Waals surface area contributed by atoms with Gasteiger partial charge in [-0.25, -0.2) is 4.79 Å². The van der Waals surface area contributed by atoms with Crippen LogP contribution in [0.2, 0.25) is 0 Å². The molecule has 2 aromatic rings. The molecule has 0 aliphatic heterocycles. The first-order valence-electron chi connectivity index (χ1n) is 6.40. The molecule has 4 nitrogen and oxygen atoms in total. The van der Waals surface area contributed by atoms with Crippen molar-refractivity contribution >= 4 is 23.1 Å². The number of hydrogen-bond acceptors (Lipinski definition) is 2. The molecule has 1 aromatic heterocycles. The molecule has 1 heterocycles. The summed E-state index contributed by atoms with van der Waals surface area (Å²) in [5.74, 6) is -0.564. The molecule has 100 valence electrons. The van der Waals surface area contributed by atoms with E-state index in [0.717, 1.165) is 16.5 Å². The van der Waals surface area contributed by atoms with E-state index < -0.39 is 12.0 Å². The number of aromatic nitrogens is 1. The summed E-state index contributed by atoms with van der Waals surface area (Å²) in [6.45, 7) is 3.99. The molecule has 4 heteroatoms. The summed E-state index contributed by atoms with van der Waals surface area (Å²) in [4.78, 5) is 18.5. The van der Waals surface area contributed by atoms with Gasteiger partial charge in [-0.2, -0.15) is 0 Å². The number of aliphatic imine (C=N–C) groups is 1. The molecular formula is C15H18N2O2. The zero-order valence-corrected chi connectivity index (χ0v) is 11.1. The van der Waals surface area contributed by atoms with Gasteiger partial charge in [0.15, 0.2) is 0 Å². The summed E-state index contributed by atoms with van der Waals surface area (Å²) in [7, 11) is 0. The van der Waals surface area contributed by atoms with Gasteiger partial charge in [-0.05, 0) is 18.4 Å². The molecular weight excluding hydrogens is 240 g/mol. The van der Waals surface area contributed by atoms with Crippen molar-refractivity contribution in [1.82, 2.24) is 4.98 Å². The fraction of sp³-hybridized carbons (Fsp3) is 0.333. The maximum atomic E-state index is 11.1. The molecule has 0 unspecified atom stereocenters. The molecule has 0 spiro atoms. The first-order chi connectivity index (χ1) is 9.08. The van der Waals surface area contributed by atoms with Crippen LogP contribution in [0.25, 0.3) is 10.9 Å². The highest BCUT2D eigenvalue weighted by Gasteiger charge is 2.16. The Hall–Kier alpha value is -2.10. The van der Waals surface area contributed by atoms with Crippen molar-refractivity contribution in [2.45, 2.75) is 26.3 Å². The Bertz CT molecular complexity index is 599. The largest absolute Gasteiger partial charge is 0.480 e. The Labute approximate surface area is 112 Å². The molecule has 0 aliphatic rings. The number of aromatic amines is 1. The predicted molar refractivity (Wildman–Crippen MR) is 76.8 cm³/mol. The fourth-order valence-electron chi connectivity index (χ4n) is 2.04. The van der Waals surface area contributed by atoms with Gasteiger partial charge in [-0.3, -0.25) is 4.99 Å². The van der Waals surface area contributed by atoms with E-state index in [1.54, 1.807) is 6.21 Å². The number of carboxylic acids is 1. The summed E-state index contributed by atoms with van der Waals surface area (Å²) in [6.07, 6.45) is 4.05. The number of aliphatic carboxylic acids is 1. The topological polar surface area (TPSA) is 65.5 Å². The number of para-hydroxylation sites is 1. The lowest BCUT2D eigenvalue weighted by atomic mass is 10.0. The number of nitrogens with zero attached hydrogens (tertiary/aromatic N) is 1. The third-order valence-electron chi connectivity index (χ3n) is 2.99. The van der Waals surface area contributed by atoms with Gasteiger partial charge in [-0.1, -0.05) is 32.0 Å². The maximum absolute atomic E-state index is 11.1. The van der Waals surface area contributed by atoms with Crippen LogP contribution in [-0.4, -0.2) is 28.3 Å². The van der Waals surface area contributed by atoms with Crippen LogP contribution in [0, 0.1) is 5.92 Å². The average Bonchev–Trinajstić information content (AvgIpc) is 2.77. The van der Waals surface area contributed by atoms with E-state index in [1.807, 2.05) is 44.3 Å². The lowest BCUT2D eigenvalue weighted by Crippen LogP contribution is -2.20. The minimum atomic E-state index is -0.871. The number of benzene rings is 1. The minimum Gasteiger partial charge on any atom is -0.480 e. The Kier molecular flexibility index (Phi) is 4.00. The standard InChI is InChI=1S/C15H18N2O2/c1-10(2)7-14(15(18)19)17-9-11-8-16-13-6-4-3-5-12(11)13/h3-6,8-10,14,16H,7H2,1-2H3,(H,18,19)/t14-/m0/s1. The summed E-state index contributed by atoms with van der Waals surface area (Å²) >= 11 is 0. The van der Waals surface area contributed by atoms with Crippen LogP contribution < -0.4 is 0 Å². The second-order valence-electron chi connectivity index (χ2n) is 5.05. The number of fused-ring (bicyclic) bond motifs is 1. The van der Waals surface area contributed by atoms with Crippen molar-refractivity contribution in [3.63, 3.8) is 0 Å². The summed E-state index contributed by atoms with van der Waals surface area (Å²) in [5.41, 5.74) is 1.95. The quantitative estimate of drug-likeness (QED) is 0.809. The molecule has 2 N–H and O–H groups in total. The van der Waals surface area contributed by atoms with Gasteiger partial charge in [0, 0.05) is 28.9 Å². The van der Waals surface area contributed by atoms with Crippen molar-refractivity contribution in [3.05, 3.63) is 36.0 Å². The van der Waals surface area contributed by atoms with Gasteiger partial charge in [0.25, 0.3) is 0 Å². The van der Waals surface area contributed by atoms with Crippen molar-refractivity contribution in [2.24, 2.45) is 10.9 Å². The molecule has 0 bridgehead atoms. The minimum absolute atomic E-state index is 0.307. The first-order valence-corrected chi connectivity index (χ1v) is 6.40. The number of carbonyl (C=O) groups is 1. The SMILES string of the molecule is CC(C)C[C@H](N=Cc1c[nH]c2ccccc12)C(=O)O. The summed E-state index contributed by atoms with van der Waals surface area (Å²) in [6, 6.07) is 7.21. The third kappa shape index (κ3) is 3.22. The van der Waals surface area contributed by atoms with Crippen molar-refractivity contribution < 1.29 is 9.90 Å². The van der Waals surface area contributed by atoms with Crippen molar-refractivity contribution in [3.8, 4) is 0 Å². The third-order valence-corrected chi connectivity index (χ3v) is 2.99. The molecule has 1 atom stereocenters. The van der Waals surface area contributed by atoms with E-state index in [1.165, 1.54) is 0 Å². The number of H-pyrrole nitrogens is 1. The van der Waals surface area contributed by atoms with E-state index >= 15 is 0 Å². The van der Waals surface area contributed by atoms with Crippen molar-refractivity contribution in [1.29, 1.82) is 0 Å². The second kappa shape index (κ2) is 5.69. The van der Waals surface area contributed by atoms with Crippen LogP contribution in [0.4, 0.5) is 0 Å². The van der Waals surface area contributed by atoms with Gasteiger partial charge in [0.2, 0.25) is 0 Å². The molecule has 0 saturated heterocycles. The van der Waals surface area contributed by atoms with Crippen molar-refractivity contribution in [2.75, 3.05) is 0 Å². The molecule has 0 aliphatic carbocycles. The van der Waals surface area contributed by atoms with Crippen LogP contribution in [0.1, 0.15) is 25.8 Å². The van der Waals surface area contributed by atoms with E-state index in [0.29, 0.717) is 12.3 Å². The monoisotopic (exact) mass is 258 g/mol. The van der Waals surface area contributed by atoms with E-state index in [-0.39, 0.29) is 0 Å². The Morgan fingerprint density at radius 1 is 1.42 bits per heavy atom. The molecule has 0 fully saturated rings. The van der Waals surface area contributed by atoms with Crippen LogP contribution in [0.3, 0.4) is 0 Å². The number of nitrogens with one attached hydrogen (secondary N) is 1. The molecule has 19 heavy (non-hydrogen) atoms. The lowest BCUT2D eigenvalue weighted by molar-refractivity contribution is -0.138.